The van der Waals surface area contributed by atoms with Crippen LogP contribution >= 0.6 is 0 Å². The number of hydrogen-bond acceptors (Lipinski definition) is 1. The minimum atomic E-state index is 0.886. The Morgan fingerprint density at radius 1 is 1.15 bits per heavy atom. The van der Waals surface area contributed by atoms with Crippen LogP contribution in [-0.2, 0) is 11.2 Å². The van der Waals surface area contributed by atoms with Gasteiger partial charge in [0.25, 0.3) is 0 Å². The summed E-state index contributed by atoms with van der Waals surface area (Å²) in [6.07, 6.45) is 5.92. The van der Waals surface area contributed by atoms with Gasteiger partial charge in [0.2, 0.25) is 0 Å². The zero-order valence-electron chi connectivity index (χ0n) is 7.49. The molecule has 0 aliphatic heterocycles. The molecule has 0 spiro atoms. The molecule has 0 saturated heterocycles. The number of allylic oxidation sites excluding steroid dienone is 2. The first-order valence-corrected chi connectivity index (χ1v) is 4.64. The van der Waals surface area contributed by atoms with Crippen LogP contribution in [0.2, 0.25) is 0 Å². The fraction of sp³-hybridized carbons (Fsp3) is 0.250. The summed E-state index contributed by atoms with van der Waals surface area (Å²) in [5.41, 5.74) is 3.83. The van der Waals surface area contributed by atoms with E-state index in [0.29, 0.717) is 0 Å². The van der Waals surface area contributed by atoms with Crippen molar-refractivity contribution in [1.82, 2.24) is 0 Å². The maximum absolute atomic E-state index is 10.4. The number of carbonyl (C=O) groups excluding carboxylic acids is 1. The molecule has 1 aromatic carbocycles. The maximum atomic E-state index is 10.4. The smallest absolute Gasteiger partial charge is 0.143 e. The monoisotopic (exact) mass is 172 g/mol. The van der Waals surface area contributed by atoms with Gasteiger partial charge < -0.3 is 0 Å². The van der Waals surface area contributed by atoms with E-state index in [0.717, 1.165) is 25.5 Å². The van der Waals surface area contributed by atoms with Gasteiger partial charge in [0.05, 0.1) is 0 Å². The Balaban J connectivity index is 2.48. The van der Waals surface area contributed by atoms with Gasteiger partial charge in [-0.2, -0.15) is 0 Å². The van der Waals surface area contributed by atoms with E-state index in [1.165, 1.54) is 16.7 Å². The Hall–Kier alpha value is -1.37. The van der Waals surface area contributed by atoms with E-state index in [2.05, 4.69) is 18.2 Å². The molecule has 0 radical (unpaired) electrons. The molecule has 1 heteroatoms. The van der Waals surface area contributed by atoms with Crippen LogP contribution in [-0.4, -0.2) is 6.29 Å². The quantitative estimate of drug-likeness (QED) is 0.470. The van der Waals surface area contributed by atoms with Gasteiger partial charge in [-0.3, -0.25) is 4.79 Å². The largest absolute Gasteiger partial charge is 0.299 e. The first kappa shape index (κ1) is 8.24. The highest BCUT2D eigenvalue weighted by Gasteiger charge is 2.11. The van der Waals surface area contributed by atoms with Crippen molar-refractivity contribution in [2.45, 2.75) is 19.3 Å². The molecule has 0 atom stereocenters. The van der Waals surface area contributed by atoms with Gasteiger partial charge in [0.1, 0.15) is 6.29 Å². The normalized spacial score (nSPS) is 18.3. The Labute approximate surface area is 78.1 Å². The molecule has 0 amide bonds. The van der Waals surface area contributed by atoms with Crippen LogP contribution in [0.5, 0.6) is 0 Å². The van der Waals surface area contributed by atoms with E-state index in [9.17, 15) is 4.79 Å². The lowest BCUT2D eigenvalue weighted by Gasteiger charge is -2.17. The van der Waals surface area contributed by atoms with Crippen LogP contribution in [0.3, 0.4) is 0 Å². The summed E-state index contributed by atoms with van der Waals surface area (Å²) in [5, 5.41) is 0. The average molecular weight is 172 g/mol. The minimum Gasteiger partial charge on any atom is -0.299 e. The van der Waals surface area contributed by atoms with E-state index in [1.807, 2.05) is 6.07 Å². The molecule has 0 N–H and O–H groups in total. The molecule has 0 bridgehead atoms. The number of hydrogen-bond donors (Lipinski definition) is 0. The lowest BCUT2D eigenvalue weighted by Crippen LogP contribution is -2.01. The highest BCUT2D eigenvalue weighted by atomic mass is 16.1. The van der Waals surface area contributed by atoms with Crippen LogP contribution < -0.4 is 0 Å². The lowest BCUT2D eigenvalue weighted by atomic mass is 9.87. The molecule has 1 aliphatic rings. The third-order valence-electron chi connectivity index (χ3n) is 2.52. The summed E-state index contributed by atoms with van der Waals surface area (Å²) in [5.74, 6) is 0. The Bertz CT molecular complexity index is 350. The molecule has 0 saturated carbocycles. The van der Waals surface area contributed by atoms with E-state index in [1.54, 1.807) is 6.08 Å². The summed E-state index contributed by atoms with van der Waals surface area (Å²) in [7, 11) is 0. The van der Waals surface area contributed by atoms with Crippen molar-refractivity contribution in [2.24, 2.45) is 0 Å². The van der Waals surface area contributed by atoms with Crippen molar-refractivity contribution >= 4 is 11.9 Å². The predicted molar refractivity (Wildman–Crippen MR) is 53.4 cm³/mol. The van der Waals surface area contributed by atoms with E-state index in [4.69, 9.17) is 0 Å². The summed E-state index contributed by atoms with van der Waals surface area (Å²) in [6, 6.07) is 8.34. The lowest BCUT2D eigenvalue weighted by molar-refractivity contribution is -0.104. The molecule has 1 aliphatic carbocycles. The van der Waals surface area contributed by atoms with Gasteiger partial charge in [-0.15, -0.1) is 0 Å². The highest BCUT2D eigenvalue weighted by Crippen LogP contribution is 2.29. The van der Waals surface area contributed by atoms with E-state index >= 15 is 0 Å². The minimum absolute atomic E-state index is 0.886. The van der Waals surface area contributed by atoms with Crippen LogP contribution in [0.25, 0.3) is 5.57 Å². The van der Waals surface area contributed by atoms with E-state index in [-0.39, 0.29) is 0 Å². The second-order valence-corrected chi connectivity index (χ2v) is 3.34. The molecule has 1 aromatic rings. The Kier molecular flexibility index (Phi) is 2.26. The first-order valence-electron chi connectivity index (χ1n) is 4.64. The van der Waals surface area contributed by atoms with Gasteiger partial charge >= 0.3 is 0 Å². The SMILES string of the molecule is O=CC=C1CCCc2ccccc21. The average Bonchev–Trinajstić information content (AvgIpc) is 2.19. The number of rotatable bonds is 1. The Morgan fingerprint density at radius 2 is 2.00 bits per heavy atom. The molecule has 0 heterocycles. The third-order valence-corrected chi connectivity index (χ3v) is 2.52. The number of aryl methyl sites for hydroxylation is 1. The summed E-state index contributed by atoms with van der Waals surface area (Å²) in [6.45, 7) is 0. The predicted octanol–water partition coefficient (Wildman–Crippen LogP) is 2.61. The standard InChI is InChI=1S/C12H12O/c13-9-8-11-6-3-5-10-4-1-2-7-12(10)11/h1-2,4,7-9H,3,5-6H2. The van der Waals surface area contributed by atoms with Crippen molar-refractivity contribution < 1.29 is 4.79 Å². The summed E-state index contributed by atoms with van der Waals surface area (Å²) >= 11 is 0. The number of aldehydes is 1. The molecule has 0 fully saturated rings. The zero-order valence-corrected chi connectivity index (χ0v) is 7.49. The number of fused-ring (bicyclic) bond motifs is 1. The van der Waals surface area contributed by atoms with Crippen molar-refractivity contribution in [2.75, 3.05) is 0 Å². The molecule has 1 nitrogen and oxygen atoms in total. The summed E-state index contributed by atoms with van der Waals surface area (Å²) in [4.78, 5) is 10.4. The maximum Gasteiger partial charge on any atom is 0.143 e. The molecule has 13 heavy (non-hydrogen) atoms. The Morgan fingerprint density at radius 3 is 2.85 bits per heavy atom. The third kappa shape index (κ3) is 1.55. The van der Waals surface area contributed by atoms with Crippen molar-refractivity contribution in [3.63, 3.8) is 0 Å². The van der Waals surface area contributed by atoms with Crippen LogP contribution in [0.4, 0.5) is 0 Å². The number of carbonyl (C=O) groups is 1. The topological polar surface area (TPSA) is 17.1 Å². The molecule has 0 aromatic heterocycles. The fourth-order valence-corrected chi connectivity index (χ4v) is 1.91. The van der Waals surface area contributed by atoms with Crippen LogP contribution in [0, 0.1) is 0 Å². The molecular weight excluding hydrogens is 160 g/mol. The summed E-state index contributed by atoms with van der Waals surface area (Å²) < 4.78 is 0. The van der Waals surface area contributed by atoms with Gasteiger partial charge in [0, 0.05) is 0 Å². The van der Waals surface area contributed by atoms with Gasteiger partial charge in [-0.05, 0) is 42.0 Å². The van der Waals surface area contributed by atoms with Crippen molar-refractivity contribution in [1.29, 1.82) is 0 Å². The second kappa shape index (κ2) is 3.56. The molecular formula is C12H12O. The van der Waals surface area contributed by atoms with Crippen molar-refractivity contribution in [3.05, 3.63) is 41.5 Å². The molecule has 0 unspecified atom stereocenters. The second-order valence-electron chi connectivity index (χ2n) is 3.34. The van der Waals surface area contributed by atoms with Gasteiger partial charge in [-0.1, -0.05) is 24.3 Å². The van der Waals surface area contributed by atoms with Gasteiger partial charge in [-0.25, -0.2) is 0 Å². The molecule has 2 rings (SSSR count). The van der Waals surface area contributed by atoms with Crippen LogP contribution in [0.15, 0.2) is 30.3 Å². The molecule has 66 valence electrons. The van der Waals surface area contributed by atoms with Crippen LogP contribution in [0.1, 0.15) is 24.0 Å². The first-order chi connectivity index (χ1) is 6.42. The van der Waals surface area contributed by atoms with E-state index < -0.39 is 0 Å². The highest BCUT2D eigenvalue weighted by molar-refractivity contribution is 5.83. The number of benzene rings is 1. The zero-order chi connectivity index (χ0) is 9.10. The fourth-order valence-electron chi connectivity index (χ4n) is 1.91. The van der Waals surface area contributed by atoms with Gasteiger partial charge in [0.15, 0.2) is 0 Å². The van der Waals surface area contributed by atoms with Crippen molar-refractivity contribution in [3.8, 4) is 0 Å².